The first kappa shape index (κ1) is 17.8. The van der Waals surface area contributed by atoms with E-state index < -0.39 is 10.1 Å². The quantitative estimate of drug-likeness (QED) is 0.473. The number of hydrogen-bond acceptors (Lipinski definition) is 2. The molecule has 0 atom stereocenters. The molecule has 0 radical (unpaired) electrons. The molecular weight excluding hydrogens is 282 g/mol. The molecule has 0 saturated carbocycles. The van der Waals surface area contributed by atoms with E-state index in [0.717, 1.165) is 12.8 Å². The fourth-order valence-corrected chi connectivity index (χ4v) is 1.44. The maximum absolute atomic E-state index is 5.81. The molecule has 0 aromatic carbocycles. The molecule has 0 aromatic heterocycles. The van der Waals surface area contributed by atoms with E-state index in [0.29, 0.717) is 25.0 Å². The summed E-state index contributed by atoms with van der Waals surface area (Å²) in [6, 6.07) is 0. The molecule has 0 N–H and O–H groups in total. The van der Waals surface area contributed by atoms with E-state index in [1.54, 1.807) is 0 Å². The van der Waals surface area contributed by atoms with Gasteiger partial charge in [0.15, 0.2) is 0 Å². The summed E-state index contributed by atoms with van der Waals surface area (Å²) >= 11 is 17.4. The predicted molar refractivity (Wildman–Crippen MR) is 74.9 cm³/mol. The third-order valence-corrected chi connectivity index (χ3v) is 2.73. The van der Waals surface area contributed by atoms with Crippen LogP contribution in [0.1, 0.15) is 40.5 Å². The van der Waals surface area contributed by atoms with Crippen molar-refractivity contribution in [3.8, 4) is 0 Å². The third-order valence-electron chi connectivity index (χ3n) is 2.20. The van der Waals surface area contributed by atoms with Gasteiger partial charge in [-0.1, -0.05) is 62.5 Å². The van der Waals surface area contributed by atoms with Gasteiger partial charge >= 0.3 is 0 Å². The highest BCUT2D eigenvalue weighted by atomic mass is 35.6. The zero-order valence-electron chi connectivity index (χ0n) is 11.0. The molecule has 0 rings (SSSR count). The standard InChI is InChI=1S/C12H23Cl3O2/c1-9(2)5-7-16-11(12(13,14)15)17-8-6-10(3)4/h9-11H,5-8H2,1-4H3. The van der Waals surface area contributed by atoms with E-state index in [2.05, 4.69) is 27.7 Å². The minimum Gasteiger partial charge on any atom is -0.349 e. The average Bonchev–Trinajstić information content (AvgIpc) is 2.12. The monoisotopic (exact) mass is 304 g/mol. The van der Waals surface area contributed by atoms with E-state index in [1.807, 2.05) is 0 Å². The summed E-state index contributed by atoms with van der Waals surface area (Å²) in [7, 11) is 0. The number of hydrogen-bond donors (Lipinski definition) is 0. The summed E-state index contributed by atoms with van der Waals surface area (Å²) in [5, 5.41) is 0. The first-order valence-corrected chi connectivity index (χ1v) is 7.16. The van der Waals surface area contributed by atoms with Crippen LogP contribution in [0.5, 0.6) is 0 Å². The van der Waals surface area contributed by atoms with Crippen LogP contribution in [0.4, 0.5) is 0 Å². The first-order chi connectivity index (χ1) is 7.73. The van der Waals surface area contributed by atoms with Gasteiger partial charge in [0.25, 0.3) is 0 Å². The van der Waals surface area contributed by atoms with E-state index in [1.165, 1.54) is 0 Å². The fraction of sp³-hybridized carbons (Fsp3) is 1.00. The highest BCUT2D eigenvalue weighted by molar-refractivity contribution is 6.67. The van der Waals surface area contributed by atoms with E-state index >= 15 is 0 Å². The number of alkyl halides is 3. The van der Waals surface area contributed by atoms with Crippen molar-refractivity contribution < 1.29 is 9.47 Å². The second kappa shape index (κ2) is 8.82. The number of ether oxygens (including phenoxy) is 2. The summed E-state index contributed by atoms with van der Waals surface area (Å²) in [6.07, 6.45) is 1.06. The van der Waals surface area contributed by atoms with Gasteiger partial charge in [-0.2, -0.15) is 0 Å². The van der Waals surface area contributed by atoms with Crippen LogP contribution in [0.25, 0.3) is 0 Å². The topological polar surface area (TPSA) is 18.5 Å². The Balaban J connectivity index is 3.98. The number of halogens is 3. The van der Waals surface area contributed by atoms with Crippen molar-refractivity contribution in [1.29, 1.82) is 0 Å². The largest absolute Gasteiger partial charge is 0.349 e. The predicted octanol–water partition coefficient (Wildman–Crippen LogP) is 4.81. The minimum atomic E-state index is -1.53. The lowest BCUT2D eigenvalue weighted by Crippen LogP contribution is -2.33. The maximum Gasteiger partial charge on any atom is 0.240 e. The summed E-state index contributed by atoms with van der Waals surface area (Å²) in [5.41, 5.74) is 0. The van der Waals surface area contributed by atoms with Crippen LogP contribution >= 0.6 is 34.8 Å². The molecule has 0 aliphatic carbocycles. The van der Waals surface area contributed by atoms with Crippen LogP contribution in [0.3, 0.4) is 0 Å². The Kier molecular flexibility index (Phi) is 9.23. The fourth-order valence-electron chi connectivity index (χ4n) is 1.06. The second-order valence-electron chi connectivity index (χ2n) is 4.98. The Morgan fingerprint density at radius 2 is 1.18 bits per heavy atom. The Morgan fingerprint density at radius 1 is 0.824 bits per heavy atom. The van der Waals surface area contributed by atoms with Gasteiger partial charge in [-0.05, 0) is 24.7 Å². The van der Waals surface area contributed by atoms with Crippen LogP contribution in [0.15, 0.2) is 0 Å². The average molecular weight is 306 g/mol. The van der Waals surface area contributed by atoms with Gasteiger partial charge in [-0.25, -0.2) is 0 Å². The molecule has 0 fully saturated rings. The molecule has 0 heterocycles. The lowest BCUT2D eigenvalue weighted by atomic mass is 10.1. The molecule has 0 saturated heterocycles. The van der Waals surface area contributed by atoms with Crippen molar-refractivity contribution >= 4 is 34.8 Å². The summed E-state index contributed by atoms with van der Waals surface area (Å²) in [5.74, 6) is 1.11. The molecule has 0 aliphatic heterocycles. The van der Waals surface area contributed by atoms with Gasteiger partial charge in [0.1, 0.15) is 0 Å². The third kappa shape index (κ3) is 10.4. The zero-order chi connectivity index (χ0) is 13.5. The Morgan fingerprint density at radius 3 is 1.41 bits per heavy atom. The molecule has 104 valence electrons. The van der Waals surface area contributed by atoms with Crippen molar-refractivity contribution in [3.05, 3.63) is 0 Å². The van der Waals surface area contributed by atoms with Crippen molar-refractivity contribution in [2.24, 2.45) is 11.8 Å². The van der Waals surface area contributed by atoms with E-state index in [9.17, 15) is 0 Å². The van der Waals surface area contributed by atoms with Crippen LogP contribution in [0.2, 0.25) is 0 Å². The van der Waals surface area contributed by atoms with Gasteiger partial charge in [-0.3, -0.25) is 0 Å². The van der Waals surface area contributed by atoms with Gasteiger partial charge in [0.05, 0.1) is 13.2 Å². The zero-order valence-corrected chi connectivity index (χ0v) is 13.3. The van der Waals surface area contributed by atoms with Crippen molar-refractivity contribution in [1.82, 2.24) is 0 Å². The van der Waals surface area contributed by atoms with Gasteiger partial charge in [0, 0.05) is 0 Å². The molecular formula is C12H23Cl3O2. The molecule has 0 aromatic rings. The Bertz CT molecular complexity index is 177. The molecule has 17 heavy (non-hydrogen) atoms. The summed E-state index contributed by atoms with van der Waals surface area (Å²) in [4.78, 5) is 0. The SMILES string of the molecule is CC(C)CCOC(OCCC(C)C)C(Cl)(Cl)Cl. The van der Waals surface area contributed by atoms with Crippen molar-refractivity contribution in [2.45, 2.75) is 50.6 Å². The molecule has 2 nitrogen and oxygen atoms in total. The minimum absolute atomic E-state index is 0.540. The van der Waals surface area contributed by atoms with Crippen LogP contribution in [-0.4, -0.2) is 23.3 Å². The number of rotatable bonds is 8. The van der Waals surface area contributed by atoms with Crippen LogP contribution in [-0.2, 0) is 9.47 Å². The normalized spacial score (nSPS) is 13.1. The van der Waals surface area contributed by atoms with Crippen LogP contribution in [0, 0.1) is 11.8 Å². The first-order valence-electron chi connectivity index (χ1n) is 6.03. The highest BCUT2D eigenvalue weighted by Crippen LogP contribution is 2.33. The van der Waals surface area contributed by atoms with Crippen LogP contribution < -0.4 is 0 Å². The molecule has 0 spiro atoms. The van der Waals surface area contributed by atoms with Crippen molar-refractivity contribution in [3.63, 3.8) is 0 Å². The molecule has 0 bridgehead atoms. The molecule has 5 heteroatoms. The van der Waals surface area contributed by atoms with Gasteiger partial charge in [-0.15, -0.1) is 0 Å². The molecule has 0 amide bonds. The summed E-state index contributed by atoms with van der Waals surface area (Å²) < 4.78 is 9.43. The Hall–Kier alpha value is 0.790. The Labute approximate surface area is 120 Å². The van der Waals surface area contributed by atoms with Crippen molar-refractivity contribution in [2.75, 3.05) is 13.2 Å². The van der Waals surface area contributed by atoms with E-state index in [-0.39, 0.29) is 0 Å². The lowest BCUT2D eigenvalue weighted by Gasteiger charge is -2.25. The highest BCUT2D eigenvalue weighted by Gasteiger charge is 2.34. The molecule has 0 unspecified atom stereocenters. The van der Waals surface area contributed by atoms with E-state index in [4.69, 9.17) is 44.3 Å². The second-order valence-corrected chi connectivity index (χ2v) is 7.35. The summed E-state index contributed by atoms with van der Waals surface area (Å²) in [6.45, 7) is 9.55. The smallest absolute Gasteiger partial charge is 0.240 e. The lowest BCUT2D eigenvalue weighted by molar-refractivity contribution is -0.142. The maximum atomic E-state index is 5.81. The van der Waals surface area contributed by atoms with Gasteiger partial charge < -0.3 is 9.47 Å². The molecule has 0 aliphatic rings. The van der Waals surface area contributed by atoms with Gasteiger partial charge in [0.2, 0.25) is 10.1 Å².